The summed E-state index contributed by atoms with van der Waals surface area (Å²) in [4.78, 5) is 0.106. The summed E-state index contributed by atoms with van der Waals surface area (Å²) < 4.78 is 25.4. The Morgan fingerprint density at radius 1 is 1.41 bits per heavy atom. The molecule has 0 amide bonds. The van der Waals surface area contributed by atoms with E-state index in [4.69, 9.17) is 5.73 Å². The van der Waals surface area contributed by atoms with E-state index in [1.807, 2.05) is 0 Å². The molecule has 1 unspecified atom stereocenters. The van der Waals surface area contributed by atoms with E-state index in [1.54, 1.807) is 12.1 Å². The molecule has 0 aliphatic carbocycles. The third-order valence-corrected chi connectivity index (χ3v) is 4.08. The Bertz CT molecular complexity index is 485. The number of benzene rings is 1. The van der Waals surface area contributed by atoms with Gasteiger partial charge >= 0.3 is 0 Å². The Morgan fingerprint density at radius 2 is 2.06 bits per heavy atom. The summed E-state index contributed by atoms with van der Waals surface area (Å²) in [7, 11) is -2.12. The van der Waals surface area contributed by atoms with Gasteiger partial charge in [0.25, 0.3) is 0 Å². The SMILES string of the molecule is CCC(C)Nc1ccc(S(=O)(=O)NC)c(N)c1. The van der Waals surface area contributed by atoms with E-state index < -0.39 is 10.0 Å². The fourth-order valence-corrected chi connectivity index (χ4v) is 2.22. The number of nitrogen functional groups attached to an aromatic ring is 1. The normalized spacial score (nSPS) is 13.4. The second-order valence-corrected chi connectivity index (χ2v) is 5.77. The summed E-state index contributed by atoms with van der Waals surface area (Å²) in [6, 6.07) is 5.18. The molecule has 0 saturated heterocycles. The number of rotatable bonds is 5. The zero-order valence-corrected chi connectivity index (χ0v) is 11.1. The minimum Gasteiger partial charge on any atom is -0.398 e. The van der Waals surface area contributed by atoms with Gasteiger partial charge in [-0.3, -0.25) is 0 Å². The van der Waals surface area contributed by atoms with Gasteiger partial charge in [0.05, 0.1) is 5.69 Å². The molecule has 96 valence electrons. The number of anilines is 2. The van der Waals surface area contributed by atoms with Gasteiger partial charge in [-0.2, -0.15) is 0 Å². The van der Waals surface area contributed by atoms with Gasteiger partial charge < -0.3 is 11.1 Å². The molecule has 0 spiro atoms. The van der Waals surface area contributed by atoms with Gasteiger partial charge in [0, 0.05) is 11.7 Å². The van der Waals surface area contributed by atoms with E-state index in [9.17, 15) is 8.42 Å². The maximum atomic E-state index is 11.6. The summed E-state index contributed by atoms with van der Waals surface area (Å²) in [5.74, 6) is 0. The fraction of sp³-hybridized carbons (Fsp3) is 0.455. The Balaban J connectivity index is 3.03. The van der Waals surface area contributed by atoms with E-state index in [-0.39, 0.29) is 10.6 Å². The van der Waals surface area contributed by atoms with Crippen LogP contribution in [0.25, 0.3) is 0 Å². The predicted octanol–water partition coefficient (Wildman–Crippen LogP) is 1.39. The first kappa shape index (κ1) is 13.8. The van der Waals surface area contributed by atoms with E-state index in [2.05, 4.69) is 23.9 Å². The van der Waals surface area contributed by atoms with Crippen LogP contribution in [0.1, 0.15) is 20.3 Å². The molecule has 6 heteroatoms. The first-order valence-corrected chi connectivity index (χ1v) is 6.98. The van der Waals surface area contributed by atoms with Crippen molar-refractivity contribution in [1.29, 1.82) is 0 Å². The Morgan fingerprint density at radius 3 is 2.53 bits per heavy atom. The highest BCUT2D eigenvalue weighted by atomic mass is 32.2. The van der Waals surface area contributed by atoms with Crippen molar-refractivity contribution in [3.63, 3.8) is 0 Å². The summed E-state index contributed by atoms with van der Waals surface area (Å²) in [6.07, 6.45) is 0.983. The molecule has 0 saturated carbocycles. The summed E-state index contributed by atoms with van der Waals surface area (Å²) in [5.41, 5.74) is 6.81. The van der Waals surface area contributed by atoms with Crippen molar-refractivity contribution in [2.45, 2.75) is 31.2 Å². The van der Waals surface area contributed by atoms with Crippen molar-refractivity contribution < 1.29 is 8.42 Å². The molecule has 1 aromatic rings. The topological polar surface area (TPSA) is 84.2 Å². The van der Waals surface area contributed by atoms with Crippen LogP contribution in [0.3, 0.4) is 0 Å². The number of nitrogens with one attached hydrogen (secondary N) is 2. The van der Waals surface area contributed by atoms with Crippen molar-refractivity contribution in [2.24, 2.45) is 0 Å². The van der Waals surface area contributed by atoms with Crippen molar-refractivity contribution in [2.75, 3.05) is 18.1 Å². The molecule has 0 aliphatic rings. The lowest BCUT2D eigenvalue weighted by atomic mass is 10.2. The van der Waals surface area contributed by atoms with E-state index in [0.29, 0.717) is 6.04 Å². The lowest BCUT2D eigenvalue weighted by molar-refractivity contribution is 0.588. The first-order valence-electron chi connectivity index (χ1n) is 5.50. The molecule has 0 fully saturated rings. The molecule has 1 rings (SSSR count). The van der Waals surface area contributed by atoms with Crippen LogP contribution in [0.15, 0.2) is 23.1 Å². The van der Waals surface area contributed by atoms with Crippen LogP contribution in [0.4, 0.5) is 11.4 Å². The zero-order chi connectivity index (χ0) is 13.1. The lowest BCUT2D eigenvalue weighted by Gasteiger charge is -2.14. The van der Waals surface area contributed by atoms with Crippen LogP contribution in [-0.2, 0) is 10.0 Å². The maximum absolute atomic E-state index is 11.6. The summed E-state index contributed by atoms with van der Waals surface area (Å²) in [6.45, 7) is 4.12. The molecule has 17 heavy (non-hydrogen) atoms. The minimum absolute atomic E-state index is 0.106. The van der Waals surface area contributed by atoms with Crippen LogP contribution in [0.5, 0.6) is 0 Å². The number of hydrogen-bond donors (Lipinski definition) is 3. The number of sulfonamides is 1. The largest absolute Gasteiger partial charge is 0.398 e. The molecular weight excluding hydrogens is 238 g/mol. The Kier molecular flexibility index (Phi) is 4.36. The van der Waals surface area contributed by atoms with E-state index in [1.165, 1.54) is 13.1 Å². The fourth-order valence-electron chi connectivity index (χ4n) is 1.38. The van der Waals surface area contributed by atoms with E-state index >= 15 is 0 Å². The minimum atomic E-state index is -3.48. The highest BCUT2D eigenvalue weighted by Gasteiger charge is 2.15. The zero-order valence-electron chi connectivity index (χ0n) is 10.3. The number of hydrogen-bond acceptors (Lipinski definition) is 4. The first-order chi connectivity index (χ1) is 7.90. The van der Waals surface area contributed by atoms with Crippen LogP contribution in [0.2, 0.25) is 0 Å². The molecule has 1 aromatic carbocycles. The van der Waals surface area contributed by atoms with Crippen LogP contribution >= 0.6 is 0 Å². The van der Waals surface area contributed by atoms with Crippen molar-refractivity contribution in [1.82, 2.24) is 4.72 Å². The van der Waals surface area contributed by atoms with Gasteiger partial charge in [-0.15, -0.1) is 0 Å². The van der Waals surface area contributed by atoms with Crippen molar-refractivity contribution in [3.05, 3.63) is 18.2 Å². The average molecular weight is 257 g/mol. The van der Waals surface area contributed by atoms with Crippen LogP contribution in [-0.4, -0.2) is 21.5 Å². The van der Waals surface area contributed by atoms with Crippen LogP contribution in [0, 0.1) is 0 Å². The van der Waals surface area contributed by atoms with Gasteiger partial charge in [0.2, 0.25) is 10.0 Å². The van der Waals surface area contributed by atoms with E-state index in [0.717, 1.165) is 12.1 Å². The van der Waals surface area contributed by atoms with Gasteiger partial charge in [0.1, 0.15) is 4.90 Å². The monoisotopic (exact) mass is 257 g/mol. The standard InChI is InChI=1S/C11H19N3O2S/c1-4-8(2)14-9-5-6-11(10(12)7-9)17(15,16)13-3/h5-8,13-14H,4,12H2,1-3H3. The van der Waals surface area contributed by atoms with Crippen molar-refractivity contribution in [3.8, 4) is 0 Å². The van der Waals surface area contributed by atoms with Crippen LogP contribution < -0.4 is 15.8 Å². The Labute approximate surface area is 102 Å². The van der Waals surface area contributed by atoms with Gasteiger partial charge in [0.15, 0.2) is 0 Å². The highest BCUT2D eigenvalue weighted by Crippen LogP contribution is 2.22. The van der Waals surface area contributed by atoms with Gasteiger partial charge in [-0.1, -0.05) is 6.92 Å². The summed E-state index contributed by atoms with van der Waals surface area (Å²) in [5, 5.41) is 3.23. The molecule has 4 N–H and O–H groups in total. The second kappa shape index (κ2) is 5.37. The molecule has 0 aromatic heterocycles. The molecule has 0 aliphatic heterocycles. The molecule has 5 nitrogen and oxygen atoms in total. The third kappa shape index (κ3) is 3.34. The Hall–Kier alpha value is -1.27. The molecule has 0 bridgehead atoms. The second-order valence-electron chi connectivity index (χ2n) is 3.91. The maximum Gasteiger partial charge on any atom is 0.242 e. The average Bonchev–Trinajstić information content (AvgIpc) is 2.28. The highest BCUT2D eigenvalue weighted by molar-refractivity contribution is 7.89. The molecule has 1 atom stereocenters. The third-order valence-electron chi connectivity index (χ3n) is 2.59. The summed E-state index contributed by atoms with van der Waals surface area (Å²) >= 11 is 0. The smallest absolute Gasteiger partial charge is 0.242 e. The van der Waals surface area contributed by atoms with Gasteiger partial charge in [-0.05, 0) is 38.6 Å². The van der Waals surface area contributed by atoms with Gasteiger partial charge in [-0.25, -0.2) is 13.1 Å². The molecule has 0 radical (unpaired) electrons. The lowest BCUT2D eigenvalue weighted by Crippen LogP contribution is -2.20. The number of nitrogens with two attached hydrogens (primary N) is 1. The quantitative estimate of drug-likeness (QED) is 0.696. The predicted molar refractivity (Wildman–Crippen MR) is 70.5 cm³/mol. The molecule has 0 heterocycles. The molecular formula is C11H19N3O2S. The van der Waals surface area contributed by atoms with Crippen molar-refractivity contribution >= 4 is 21.4 Å².